The molecule has 1 aromatic heterocycles. The molecule has 6 aromatic rings. The zero-order chi connectivity index (χ0) is 79.1. The number of benzene rings is 5. The van der Waals surface area contributed by atoms with Crippen LogP contribution < -0.4 is 74.2 Å². The minimum absolute atomic E-state index is 0.0628. The second-order valence-corrected chi connectivity index (χ2v) is 29.1. The number of hydrogen-bond acceptors (Lipinski definition) is 28. The predicted molar refractivity (Wildman–Crippen MR) is 382 cm³/mol. The number of rotatable bonds is 15. The molecule has 36 nitrogen and oxygen atoms in total. The minimum atomic E-state index is -2.37. The number of nitrogen functional groups attached to an aromatic ring is 1. The van der Waals surface area contributed by atoms with Crippen molar-refractivity contribution in [3.63, 3.8) is 0 Å². The highest BCUT2D eigenvalue weighted by atomic mass is 35.5. The number of phenols is 3. The zero-order valence-corrected chi connectivity index (χ0v) is 60.6. The van der Waals surface area contributed by atoms with Gasteiger partial charge in [0.25, 0.3) is 5.56 Å². The van der Waals surface area contributed by atoms with Gasteiger partial charge in [-0.1, -0.05) is 67.0 Å². The van der Waals surface area contributed by atoms with Crippen LogP contribution in [0.3, 0.4) is 0 Å². The van der Waals surface area contributed by atoms with E-state index in [9.17, 15) is 74.7 Å². The Bertz CT molecular complexity index is 4640. The monoisotopic (exact) mass is 1570 g/mol. The highest BCUT2D eigenvalue weighted by molar-refractivity contribution is 7.99. The Labute approximate surface area is 632 Å². The molecule has 7 aliphatic heterocycles. The molecule has 0 spiro atoms. The van der Waals surface area contributed by atoms with Crippen molar-refractivity contribution in [2.75, 3.05) is 18.5 Å². The van der Waals surface area contributed by atoms with Crippen LogP contribution in [-0.4, -0.2) is 195 Å². The normalized spacial score (nSPS) is 28.1. The molecule has 11 bridgehead atoms. The van der Waals surface area contributed by atoms with E-state index in [1.165, 1.54) is 33.0 Å². The molecule has 18 atom stereocenters. The fourth-order valence-corrected chi connectivity index (χ4v) is 14.6. The SMILES string of the molecule is CN[C@H](CC(C)C)C(=O)N[C@H]1C(=O)N[C@@H](CC(N)=O)C(=O)NC2C(=O)NC3C(=O)N[C@H](C(=O)N[C@@H](C(=O)O)c4cc(O)cc(O)c4-c4cc3ccc4O)[C@H](O)c3ccc(c(Cl)c3)Oc3cc2cc(c3OC2OC(CSc3nc(N)cc(=O)[nH]3)C(O)C(O)C2OC2CC(C)(N)C(O)C(C)O2)Oc2ccc(cc2Cl)[C@H]1O. The van der Waals surface area contributed by atoms with E-state index >= 15 is 14.4 Å². The molecule has 7 aliphatic rings. The highest BCUT2D eigenvalue weighted by Gasteiger charge is 2.52. The number of anilines is 1. The molecular formula is C70H78Cl2N12O24S. The number of likely N-dealkylation sites (N-methyl/N-ethyl adjacent to an activating group) is 1. The van der Waals surface area contributed by atoms with Gasteiger partial charge in [-0.05, 0) is 110 Å². The number of aliphatic carboxylic acids is 1. The fraction of sp³-hybridized carbons (Fsp3) is 0.400. The van der Waals surface area contributed by atoms with Gasteiger partial charge in [0.2, 0.25) is 53.4 Å². The number of phenolic OH excluding ortho intramolecular Hbond substituents is 3. The van der Waals surface area contributed by atoms with Crippen molar-refractivity contribution in [2.45, 2.75) is 161 Å². The molecule has 5 aromatic carbocycles. The van der Waals surface area contributed by atoms with Gasteiger partial charge in [0.15, 0.2) is 35.1 Å². The summed E-state index contributed by atoms with van der Waals surface area (Å²) in [7, 11) is 1.47. The fourth-order valence-electron chi connectivity index (χ4n) is 13.2. The van der Waals surface area contributed by atoms with Crippen molar-refractivity contribution in [2.24, 2.45) is 17.4 Å². The van der Waals surface area contributed by atoms with E-state index < -0.39 is 236 Å². The largest absolute Gasteiger partial charge is 0.508 e. The lowest BCUT2D eigenvalue weighted by Gasteiger charge is -2.47. The zero-order valence-electron chi connectivity index (χ0n) is 58.3. The number of carboxylic acid groups (broad SMARTS) is 1. The van der Waals surface area contributed by atoms with Crippen LogP contribution in [0, 0.1) is 5.92 Å². The number of aromatic hydroxyl groups is 3. The molecule has 11 unspecified atom stereocenters. The van der Waals surface area contributed by atoms with Crippen LogP contribution in [0.15, 0.2) is 94.9 Å². The number of carboxylic acids is 1. The van der Waals surface area contributed by atoms with Crippen molar-refractivity contribution in [1.82, 2.24) is 47.2 Å². The summed E-state index contributed by atoms with van der Waals surface area (Å²) in [5.74, 6) is -16.7. The number of carbonyl (C=O) groups excluding carboxylic acids is 7. The third kappa shape index (κ3) is 17.5. The summed E-state index contributed by atoms with van der Waals surface area (Å²) in [6.45, 7) is 6.62. The first-order valence-electron chi connectivity index (χ1n) is 33.8. The van der Waals surface area contributed by atoms with Gasteiger partial charge in [-0.3, -0.25) is 38.4 Å². The third-order valence-electron chi connectivity index (χ3n) is 18.7. The number of H-pyrrole nitrogens is 1. The van der Waals surface area contributed by atoms with E-state index in [-0.39, 0.29) is 62.9 Å². The number of amides is 7. The Hall–Kier alpha value is -10.1. The number of aliphatic hydroxyl groups excluding tert-OH is 5. The smallest absolute Gasteiger partial charge is 0.330 e. The number of fused-ring (bicyclic) bond motifs is 15. The number of nitrogens with zero attached hydrogens (tertiary/aromatic N) is 1. The Morgan fingerprint density at radius 3 is 1.96 bits per heavy atom. The van der Waals surface area contributed by atoms with Crippen molar-refractivity contribution in [3.8, 4) is 57.1 Å². The maximum atomic E-state index is 16.2. The van der Waals surface area contributed by atoms with E-state index in [2.05, 4.69) is 47.2 Å². The third-order valence-corrected chi connectivity index (χ3v) is 20.3. The van der Waals surface area contributed by atoms with Crippen LogP contribution in [0.5, 0.6) is 46.0 Å². The average Bonchev–Trinajstić information content (AvgIpc) is 0.767. The van der Waals surface area contributed by atoms with Crippen LogP contribution in [-0.2, 0) is 52.6 Å². The van der Waals surface area contributed by atoms with Crippen LogP contribution in [0.4, 0.5) is 5.82 Å². The van der Waals surface area contributed by atoms with Crippen molar-refractivity contribution in [3.05, 3.63) is 133 Å². The molecule has 0 radical (unpaired) electrons. The van der Waals surface area contributed by atoms with E-state index in [1.807, 2.05) is 13.8 Å². The molecule has 23 N–H and O–H groups in total. The molecule has 8 heterocycles. The first kappa shape index (κ1) is 79.9. The highest BCUT2D eigenvalue weighted by Crippen LogP contribution is 2.50. The number of aromatic nitrogens is 2. The number of nitrogens with one attached hydrogen (secondary N) is 8. The van der Waals surface area contributed by atoms with Crippen molar-refractivity contribution in [1.29, 1.82) is 0 Å². The van der Waals surface area contributed by atoms with Gasteiger partial charge in [0.05, 0.1) is 40.8 Å². The van der Waals surface area contributed by atoms with E-state index in [0.29, 0.717) is 0 Å². The van der Waals surface area contributed by atoms with E-state index in [0.717, 1.165) is 84.6 Å². The molecule has 2 fully saturated rings. The molecular weight excluding hydrogens is 1500 g/mol. The Balaban J connectivity index is 1.17. The maximum Gasteiger partial charge on any atom is 0.330 e. The minimum Gasteiger partial charge on any atom is -0.508 e. The number of primary amides is 1. The van der Waals surface area contributed by atoms with Gasteiger partial charge in [0.1, 0.15) is 89.2 Å². The van der Waals surface area contributed by atoms with Gasteiger partial charge in [-0.25, -0.2) is 9.78 Å². The summed E-state index contributed by atoms with van der Waals surface area (Å²) in [5.41, 5.74) is 13.3. The number of carbonyl (C=O) groups is 8. The quantitative estimate of drug-likeness (QED) is 0.0494. The van der Waals surface area contributed by atoms with Gasteiger partial charge in [0, 0.05) is 46.5 Å². The first-order valence-corrected chi connectivity index (χ1v) is 35.6. The van der Waals surface area contributed by atoms with Crippen molar-refractivity contribution < 1.29 is 113 Å². The molecule has 2 saturated heterocycles. The predicted octanol–water partition coefficient (Wildman–Crippen LogP) is 0.572. The lowest BCUT2D eigenvalue weighted by Crippen LogP contribution is -2.64. The lowest BCUT2D eigenvalue weighted by molar-refractivity contribution is -0.329. The number of nitrogens with two attached hydrogens (primary N) is 3. The summed E-state index contributed by atoms with van der Waals surface area (Å²) < 4.78 is 39.3. The second kappa shape index (κ2) is 32.6. The molecule has 7 amide bonds. The number of hydrogen-bond donors (Lipinski definition) is 20. The van der Waals surface area contributed by atoms with Gasteiger partial charge in [-0.2, -0.15) is 0 Å². The second-order valence-electron chi connectivity index (χ2n) is 27.3. The Morgan fingerprint density at radius 2 is 1.36 bits per heavy atom. The molecule has 582 valence electrons. The molecule has 39 heteroatoms. The van der Waals surface area contributed by atoms with E-state index in [4.69, 9.17) is 68.8 Å². The summed E-state index contributed by atoms with van der Waals surface area (Å²) in [5, 5.41) is 122. The van der Waals surface area contributed by atoms with Crippen LogP contribution in [0.1, 0.15) is 105 Å². The standard InChI is InChI=1S/C70H78Cl2N12O24S/c1-24(2)12-35(76-5)61(95)83-52-54(90)27-7-10-39(33(71)14-27)104-41-16-29-17-42(58(41)108-68-59(107-47-22-70(4,75)60(94)25(3)103-47)57(93)56(92)43(106-68)23-109-69-78-44(73)21-46(89)79-69)105-40-11-8-28(15-34(40)72)55(91)53-66(100)82-51(67(101)102)32-18-30(85)19-38(87)48(32)31-13-26(6-9-37(31)86)49(63(97)84-53)81-64(98)50(29)80-62(96)36(20-45(74)88)77-65(52)99/h6-11,13-19,21,24-25,35-36,43,47,49-57,59-60,68,76,85-87,90-94H,12,20,22-23,75H2,1-5H3,(H2,74,88)(H,77,99)(H,80,96)(H,81,98)(H,82,100)(H,83,95)(H,84,97)(H,101,102)(H3,73,78,79,89)/t25?,35-,36+,43?,47?,49?,50?,51-,52-,53+,54-,55-,56?,57?,59?,60?,68?,70?/m1/s1. The Morgan fingerprint density at radius 1 is 0.734 bits per heavy atom. The number of thioether (sulfide) groups is 1. The number of aliphatic hydroxyl groups is 5. The average molecular weight is 1570 g/mol. The van der Waals surface area contributed by atoms with Crippen molar-refractivity contribution >= 4 is 88.1 Å². The molecule has 0 aliphatic carbocycles. The van der Waals surface area contributed by atoms with Crippen LogP contribution in [0.25, 0.3) is 11.1 Å². The summed E-state index contributed by atoms with van der Waals surface area (Å²) in [4.78, 5) is 137. The van der Waals surface area contributed by atoms with Gasteiger partial charge >= 0.3 is 5.97 Å². The Kier molecular flexibility index (Phi) is 23.9. The maximum absolute atomic E-state index is 16.2. The summed E-state index contributed by atoms with van der Waals surface area (Å²) in [6.07, 6.45) is -18.7. The van der Waals surface area contributed by atoms with Crippen LogP contribution in [0.2, 0.25) is 10.0 Å². The molecule has 109 heavy (non-hydrogen) atoms. The summed E-state index contributed by atoms with van der Waals surface area (Å²) in [6, 6.07) is 0.183. The van der Waals surface area contributed by atoms with E-state index in [1.54, 1.807) is 0 Å². The van der Waals surface area contributed by atoms with Crippen LogP contribution >= 0.6 is 35.0 Å². The lowest BCUT2D eigenvalue weighted by atomic mass is 9.86. The first-order chi connectivity index (χ1) is 51.5. The number of halogens is 2. The van der Waals surface area contributed by atoms with Gasteiger partial charge in [-0.15, -0.1) is 0 Å². The number of aromatic amines is 1. The molecule has 13 rings (SSSR count). The summed E-state index contributed by atoms with van der Waals surface area (Å²) >= 11 is 15.1. The topological polar surface area (TPSA) is 582 Å². The van der Waals surface area contributed by atoms with Gasteiger partial charge < -0.3 is 134 Å². The molecule has 0 saturated carbocycles. The number of ether oxygens (including phenoxy) is 6.